The van der Waals surface area contributed by atoms with Gasteiger partial charge >= 0.3 is 0 Å². The van der Waals surface area contributed by atoms with Gasteiger partial charge in [-0.3, -0.25) is 14.5 Å². The van der Waals surface area contributed by atoms with Crippen LogP contribution in [-0.4, -0.2) is 75.9 Å². The van der Waals surface area contributed by atoms with Gasteiger partial charge in [0.15, 0.2) is 5.65 Å². The van der Waals surface area contributed by atoms with Crippen molar-refractivity contribution < 1.29 is 14.3 Å². The summed E-state index contributed by atoms with van der Waals surface area (Å²) < 4.78 is 7.51. The van der Waals surface area contributed by atoms with Crippen LogP contribution in [0, 0.1) is 0 Å². The van der Waals surface area contributed by atoms with Crippen LogP contribution in [0.1, 0.15) is 83.6 Å². The Bertz CT molecular complexity index is 2170. The van der Waals surface area contributed by atoms with E-state index in [2.05, 4.69) is 89.3 Å². The number of piperazine rings is 1. The molecular formula is C44H53ClN8O3. The topological polar surface area (TPSA) is 125 Å². The minimum Gasteiger partial charge on any atom is -0.381 e. The van der Waals surface area contributed by atoms with E-state index in [1.165, 1.54) is 5.56 Å². The van der Waals surface area contributed by atoms with Gasteiger partial charge in [0.25, 0.3) is 11.8 Å². The van der Waals surface area contributed by atoms with E-state index in [1.807, 2.05) is 23.0 Å². The molecule has 0 bridgehead atoms. The Morgan fingerprint density at radius 3 is 2.29 bits per heavy atom. The molecule has 4 heterocycles. The quantitative estimate of drug-likeness (QED) is 0.101. The first-order chi connectivity index (χ1) is 27.2. The van der Waals surface area contributed by atoms with E-state index in [9.17, 15) is 9.59 Å². The zero-order valence-electron chi connectivity index (χ0n) is 32.8. The summed E-state index contributed by atoms with van der Waals surface area (Å²) in [4.78, 5) is 34.6. The Kier molecular flexibility index (Phi) is 12.7. The Balaban J connectivity index is 1.02. The number of rotatable bonds is 13. The number of halogens is 1. The molecule has 56 heavy (non-hydrogen) atoms. The molecular weight excluding hydrogens is 724 g/mol. The SMILES string of the molecule is CCc1nc2c(cnn2CC)c(NC2CCOCC2)c1CNC(=O)c1cccc(C(=O)NCc2cc(Cl)cc(-c3cccc(CN4C[C@@H](C)N[C@@H](C)C4)c3)c2)c1. The third-order valence-corrected chi connectivity index (χ3v) is 10.9. The normalized spacial score (nSPS) is 17.9. The van der Waals surface area contributed by atoms with Crippen LogP contribution in [0.2, 0.25) is 5.02 Å². The average Bonchev–Trinajstić information content (AvgIpc) is 3.62. The molecule has 2 amide bonds. The number of aromatic nitrogens is 3. The number of hydrogen-bond donors (Lipinski definition) is 4. The highest BCUT2D eigenvalue weighted by molar-refractivity contribution is 6.31. The highest BCUT2D eigenvalue weighted by Gasteiger charge is 2.23. The number of anilines is 1. The second kappa shape index (κ2) is 18.0. The molecule has 0 aliphatic carbocycles. The van der Waals surface area contributed by atoms with Crippen molar-refractivity contribution in [3.8, 4) is 11.1 Å². The molecule has 0 saturated carbocycles. The van der Waals surface area contributed by atoms with Gasteiger partial charge in [-0.1, -0.05) is 42.8 Å². The van der Waals surface area contributed by atoms with Gasteiger partial charge in [-0.15, -0.1) is 0 Å². The highest BCUT2D eigenvalue weighted by atomic mass is 35.5. The maximum Gasteiger partial charge on any atom is 0.251 e. The number of nitrogens with zero attached hydrogens (tertiary/aromatic N) is 4. The van der Waals surface area contributed by atoms with Crippen LogP contribution in [-0.2, 0) is 37.3 Å². The van der Waals surface area contributed by atoms with Crippen LogP contribution in [0.15, 0.2) is 72.9 Å². The molecule has 3 aromatic carbocycles. The zero-order valence-corrected chi connectivity index (χ0v) is 33.6. The molecule has 7 rings (SSSR count). The fraction of sp³-hybridized carbons (Fsp3) is 0.409. The number of carbonyl (C=O) groups is 2. The van der Waals surface area contributed by atoms with Gasteiger partial charge in [-0.2, -0.15) is 5.10 Å². The van der Waals surface area contributed by atoms with Gasteiger partial charge < -0.3 is 26.0 Å². The maximum atomic E-state index is 13.6. The molecule has 11 nitrogen and oxygen atoms in total. The van der Waals surface area contributed by atoms with Gasteiger partial charge in [-0.25, -0.2) is 9.67 Å². The first-order valence-corrected chi connectivity index (χ1v) is 20.3. The number of nitrogens with one attached hydrogen (secondary N) is 4. The van der Waals surface area contributed by atoms with Crippen LogP contribution < -0.4 is 21.3 Å². The predicted octanol–water partition coefficient (Wildman–Crippen LogP) is 6.97. The molecule has 4 N–H and O–H groups in total. The molecule has 0 radical (unpaired) electrons. The summed E-state index contributed by atoms with van der Waals surface area (Å²) in [5.41, 5.74) is 8.66. The molecule has 0 spiro atoms. The monoisotopic (exact) mass is 776 g/mol. The van der Waals surface area contributed by atoms with Crippen molar-refractivity contribution in [2.24, 2.45) is 0 Å². The Labute approximate surface area is 334 Å². The number of carbonyl (C=O) groups excluding carboxylic acids is 2. The van der Waals surface area contributed by atoms with Crippen molar-refractivity contribution in [3.63, 3.8) is 0 Å². The first-order valence-electron chi connectivity index (χ1n) is 19.9. The number of aryl methyl sites for hydroxylation is 2. The Morgan fingerprint density at radius 2 is 1.57 bits per heavy atom. The lowest BCUT2D eigenvalue weighted by molar-refractivity contribution is 0.0904. The second-order valence-corrected chi connectivity index (χ2v) is 15.6. The van der Waals surface area contributed by atoms with E-state index < -0.39 is 0 Å². The van der Waals surface area contributed by atoms with Gasteiger partial charge in [0.05, 0.1) is 17.3 Å². The van der Waals surface area contributed by atoms with Gasteiger partial charge in [0.2, 0.25) is 0 Å². The molecule has 294 valence electrons. The summed E-state index contributed by atoms with van der Waals surface area (Å²) >= 11 is 6.61. The number of ether oxygens (including phenoxy) is 1. The smallest absolute Gasteiger partial charge is 0.251 e. The minimum atomic E-state index is -0.276. The first kappa shape index (κ1) is 39.4. The van der Waals surface area contributed by atoms with Crippen molar-refractivity contribution in [1.29, 1.82) is 0 Å². The van der Waals surface area contributed by atoms with Crippen molar-refractivity contribution in [1.82, 2.24) is 35.6 Å². The predicted molar refractivity (Wildman–Crippen MR) is 223 cm³/mol. The summed E-state index contributed by atoms with van der Waals surface area (Å²) in [5, 5.41) is 19.6. The standard InChI is InChI=1S/C44H53ClN8O3/c1-5-40-38(41(50-37-13-15-56-16-14-37)39-24-48-53(6-2)42(39)51-40)23-47-44(55)34-12-8-11-33(20-34)43(54)46-22-31-18-35(21-36(45)19-31)32-10-7-9-30(17-32)27-52-25-28(3)49-29(4)26-52/h7-12,17-21,24,28-29,37,49H,5-6,13-16,22-23,25-27H2,1-4H3,(H,46,54)(H,47,55)(H,50,51)/t28-,29+. The number of benzene rings is 3. The molecule has 12 heteroatoms. The molecule has 2 aliphatic heterocycles. The summed E-state index contributed by atoms with van der Waals surface area (Å²) in [6.07, 6.45) is 4.36. The molecule has 5 aromatic rings. The summed E-state index contributed by atoms with van der Waals surface area (Å²) in [5.74, 6) is -0.549. The Hall–Kier alpha value is -4.81. The molecule has 2 fully saturated rings. The summed E-state index contributed by atoms with van der Waals surface area (Å²) in [6.45, 7) is 14.2. The minimum absolute atomic E-state index is 0.249. The highest BCUT2D eigenvalue weighted by Crippen LogP contribution is 2.32. The van der Waals surface area contributed by atoms with E-state index in [-0.39, 0.29) is 30.9 Å². The van der Waals surface area contributed by atoms with Gasteiger partial charge in [0.1, 0.15) is 0 Å². The fourth-order valence-electron chi connectivity index (χ4n) is 8.05. The fourth-order valence-corrected chi connectivity index (χ4v) is 8.31. The second-order valence-electron chi connectivity index (χ2n) is 15.2. The summed E-state index contributed by atoms with van der Waals surface area (Å²) in [6, 6.07) is 22.5. The van der Waals surface area contributed by atoms with E-state index in [0.29, 0.717) is 54.4 Å². The van der Waals surface area contributed by atoms with Crippen molar-refractivity contribution >= 4 is 40.1 Å². The number of amides is 2. The number of hydrogen-bond acceptors (Lipinski definition) is 8. The molecule has 2 aromatic heterocycles. The van der Waals surface area contributed by atoms with Crippen molar-refractivity contribution in [3.05, 3.63) is 111 Å². The maximum absolute atomic E-state index is 13.6. The van der Waals surface area contributed by atoms with Crippen LogP contribution in [0.5, 0.6) is 0 Å². The van der Waals surface area contributed by atoms with E-state index in [1.54, 1.807) is 24.3 Å². The number of pyridine rings is 1. The lowest BCUT2D eigenvalue weighted by Gasteiger charge is -2.36. The van der Waals surface area contributed by atoms with Crippen LogP contribution in [0.25, 0.3) is 22.2 Å². The number of fused-ring (bicyclic) bond motifs is 1. The van der Waals surface area contributed by atoms with Gasteiger partial charge in [0, 0.05) is 98.0 Å². The molecule has 0 unspecified atom stereocenters. The molecule has 2 aliphatic rings. The molecule has 2 saturated heterocycles. The largest absolute Gasteiger partial charge is 0.381 e. The zero-order chi connectivity index (χ0) is 39.2. The summed E-state index contributed by atoms with van der Waals surface area (Å²) in [7, 11) is 0. The van der Waals surface area contributed by atoms with Gasteiger partial charge in [-0.05, 0) is 105 Å². The van der Waals surface area contributed by atoms with Crippen LogP contribution in [0.3, 0.4) is 0 Å². The van der Waals surface area contributed by atoms with Crippen molar-refractivity contribution in [2.75, 3.05) is 31.6 Å². The van der Waals surface area contributed by atoms with Crippen LogP contribution >= 0.6 is 11.6 Å². The lowest BCUT2D eigenvalue weighted by Crippen LogP contribution is -2.53. The van der Waals surface area contributed by atoms with Crippen LogP contribution in [0.4, 0.5) is 5.69 Å². The lowest BCUT2D eigenvalue weighted by atomic mass is 10.00. The third kappa shape index (κ3) is 9.41. The van der Waals surface area contributed by atoms with E-state index in [0.717, 1.165) is 77.1 Å². The third-order valence-electron chi connectivity index (χ3n) is 10.7. The Morgan fingerprint density at radius 1 is 0.875 bits per heavy atom. The van der Waals surface area contributed by atoms with Crippen molar-refractivity contribution in [2.45, 2.75) is 91.3 Å². The average molecular weight is 777 g/mol. The molecule has 2 atom stereocenters. The van der Waals surface area contributed by atoms with E-state index >= 15 is 0 Å². The van der Waals surface area contributed by atoms with E-state index in [4.69, 9.17) is 21.3 Å².